The highest BCUT2D eigenvalue weighted by Gasteiger charge is 2.34. The molecule has 1 fully saturated rings. The number of nitrogens with zero attached hydrogens (tertiary/aromatic N) is 1. The minimum absolute atomic E-state index is 0.0529. The van der Waals surface area contributed by atoms with E-state index in [1.807, 2.05) is 18.2 Å². The van der Waals surface area contributed by atoms with Crippen LogP contribution in [0.1, 0.15) is 28.3 Å². The van der Waals surface area contributed by atoms with Crippen molar-refractivity contribution in [2.24, 2.45) is 0 Å². The van der Waals surface area contributed by atoms with Gasteiger partial charge in [-0.2, -0.15) is 0 Å². The largest absolute Gasteiger partial charge is 0.486 e. The Balaban J connectivity index is 1.33. The van der Waals surface area contributed by atoms with E-state index in [-0.39, 0.29) is 25.2 Å². The number of piperidine rings is 1. The van der Waals surface area contributed by atoms with E-state index in [0.29, 0.717) is 49.0 Å². The quantitative estimate of drug-likeness (QED) is 0.857. The summed E-state index contributed by atoms with van der Waals surface area (Å²) in [5, 5.41) is 10.8. The molecule has 3 heterocycles. The van der Waals surface area contributed by atoms with Crippen LogP contribution in [0.4, 0.5) is 0 Å². The van der Waals surface area contributed by atoms with Gasteiger partial charge in [0.2, 0.25) is 6.79 Å². The number of carbonyl (C=O) groups is 1. The van der Waals surface area contributed by atoms with Gasteiger partial charge in [0.25, 0.3) is 5.91 Å². The number of amides is 1. The maximum atomic E-state index is 13.1. The van der Waals surface area contributed by atoms with Crippen LogP contribution in [-0.2, 0) is 0 Å². The third kappa shape index (κ3) is 2.92. The third-order valence-corrected chi connectivity index (χ3v) is 5.49. The normalized spacial score (nSPS) is 22.8. The summed E-state index contributed by atoms with van der Waals surface area (Å²) < 4.78 is 22.0. The van der Waals surface area contributed by atoms with Gasteiger partial charge in [0, 0.05) is 19.0 Å². The number of carbonyl (C=O) groups excluding carboxylic acids is 1. The summed E-state index contributed by atoms with van der Waals surface area (Å²) in [7, 11) is 0. The Bertz CT molecular complexity index is 914. The molecule has 2 aromatic rings. The maximum Gasteiger partial charge on any atom is 0.257 e. The fourth-order valence-corrected chi connectivity index (χ4v) is 4.06. The molecule has 28 heavy (non-hydrogen) atoms. The monoisotopic (exact) mass is 383 g/mol. The van der Waals surface area contributed by atoms with Crippen LogP contribution in [0.25, 0.3) is 0 Å². The molecule has 1 amide bonds. The summed E-state index contributed by atoms with van der Waals surface area (Å²) >= 11 is 0. The van der Waals surface area contributed by atoms with Crippen molar-refractivity contribution in [2.45, 2.75) is 18.4 Å². The summed E-state index contributed by atoms with van der Waals surface area (Å²) in [5.41, 5.74) is 1.48. The average molecular weight is 383 g/mol. The summed E-state index contributed by atoms with van der Waals surface area (Å²) in [6.07, 6.45) is 0.00799. The smallest absolute Gasteiger partial charge is 0.257 e. The van der Waals surface area contributed by atoms with Gasteiger partial charge in [-0.25, -0.2) is 0 Å². The standard InChI is InChI=1S/C21H21NO6/c23-16-11-22(21(24)15-2-1-3-18-20(15)26-9-8-25-18)7-6-14(16)13-4-5-17-19(10-13)28-12-27-17/h1-5,10,14,16,23H,6-9,11-12H2/t14-,16+/m0/s1. The second-order valence-corrected chi connectivity index (χ2v) is 7.16. The summed E-state index contributed by atoms with van der Waals surface area (Å²) in [5.74, 6) is 2.31. The Kier molecular flexibility index (Phi) is 4.24. The van der Waals surface area contributed by atoms with Gasteiger partial charge in [0.05, 0.1) is 11.7 Å². The summed E-state index contributed by atoms with van der Waals surface area (Å²) in [6.45, 7) is 1.94. The van der Waals surface area contributed by atoms with Gasteiger partial charge in [-0.05, 0) is 36.2 Å². The number of aliphatic hydroxyl groups is 1. The molecule has 2 aromatic carbocycles. The minimum atomic E-state index is -0.658. The van der Waals surface area contributed by atoms with Gasteiger partial charge >= 0.3 is 0 Å². The van der Waals surface area contributed by atoms with Gasteiger partial charge in [0.1, 0.15) is 13.2 Å². The zero-order chi connectivity index (χ0) is 19.1. The predicted octanol–water partition coefficient (Wildman–Crippen LogP) is 2.18. The number of hydrogen-bond donors (Lipinski definition) is 1. The van der Waals surface area contributed by atoms with Crippen molar-refractivity contribution in [1.29, 1.82) is 0 Å². The zero-order valence-electron chi connectivity index (χ0n) is 15.3. The molecule has 0 aromatic heterocycles. The van der Waals surface area contributed by atoms with E-state index in [9.17, 15) is 9.90 Å². The van der Waals surface area contributed by atoms with Gasteiger partial charge in [-0.1, -0.05) is 12.1 Å². The Hall–Kier alpha value is -2.93. The van der Waals surface area contributed by atoms with Gasteiger partial charge in [-0.15, -0.1) is 0 Å². The lowest BCUT2D eigenvalue weighted by atomic mass is 9.86. The Morgan fingerprint density at radius 3 is 2.75 bits per heavy atom. The molecule has 5 rings (SSSR count). The second kappa shape index (κ2) is 6.91. The van der Waals surface area contributed by atoms with Crippen LogP contribution in [0.2, 0.25) is 0 Å². The predicted molar refractivity (Wildman–Crippen MR) is 99.3 cm³/mol. The number of rotatable bonds is 2. The lowest BCUT2D eigenvalue weighted by molar-refractivity contribution is 0.0376. The molecule has 3 aliphatic rings. The van der Waals surface area contributed by atoms with E-state index in [0.717, 1.165) is 11.3 Å². The molecule has 0 radical (unpaired) electrons. The molecule has 0 bridgehead atoms. The van der Waals surface area contributed by atoms with Crippen LogP contribution in [0.5, 0.6) is 23.0 Å². The van der Waals surface area contributed by atoms with Crippen LogP contribution in [0.3, 0.4) is 0 Å². The molecule has 0 saturated carbocycles. The van der Waals surface area contributed by atoms with Crippen LogP contribution in [0.15, 0.2) is 36.4 Å². The van der Waals surface area contributed by atoms with E-state index in [4.69, 9.17) is 18.9 Å². The molecule has 1 N–H and O–H groups in total. The average Bonchev–Trinajstić information content (AvgIpc) is 3.20. The molecule has 0 unspecified atom stereocenters. The lowest BCUT2D eigenvalue weighted by Crippen LogP contribution is -2.45. The summed E-state index contributed by atoms with van der Waals surface area (Å²) in [4.78, 5) is 14.7. The first-order valence-electron chi connectivity index (χ1n) is 9.46. The first-order valence-corrected chi connectivity index (χ1v) is 9.46. The van der Waals surface area contributed by atoms with E-state index < -0.39 is 6.10 Å². The molecular weight excluding hydrogens is 362 g/mol. The van der Waals surface area contributed by atoms with E-state index in [1.54, 1.807) is 23.1 Å². The number of β-amino-alcohol motifs (C(OH)–C–C–N with tert-alkyl or cyclic N) is 1. The van der Waals surface area contributed by atoms with Gasteiger partial charge in [0.15, 0.2) is 23.0 Å². The van der Waals surface area contributed by atoms with Crippen LogP contribution in [-0.4, -0.2) is 55.1 Å². The SMILES string of the molecule is O=C(c1cccc2c1OCCO2)N1CC[C@@H](c2ccc3c(c2)OCO3)[C@H](O)C1. The van der Waals surface area contributed by atoms with Crippen molar-refractivity contribution in [3.05, 3.63) is 47.5 Å². The van der Waals surface area contributed by atoms with E-state index >= 15 is 0 Å². The highest BCUT2D eigenvalue weighted by molar-refractivity contribution is 5.98. The van der Waals surface area contributed by atoms with Crippen molar-refractivity contribution in [1.82, 2.24) is 4.90 Å². The van der Waals surface area contributed by atoms with Crippen LogP contribution in [0, 0.1) is 0 Å². The molecule has 1 saturated heterocycles. The third-order valence-electron chi connectivity index (χ3n) is 5.49. The summed E-state index contributed by atoms with van der Waals surface area (Å²) in [6, 6.07) is 11.1. The fourth-order valence-electron chi connectivity index (χ4n) is 4.06. The number of benzene rings is 2. The maximum absolute atomic E-state index is 13.1. The zero-order valence-corrected chi connectivity index (χ0v) is 15.3. The first kappa shape index (κ1) is 17.2. The van der Waals surface area contributed by atoms with Crippen molar-refractivity contribution < 1.29 is 28.8 Å². The van der Waals surface area contributed by atoms with E-state index in [2.05, 4.69) is 0 Å². The van der Waals surface area contributed by atoms with Gasteiger partial charge in [-0.3, -0.25) is 4.79 Å². The van der Waals surface area contributed by atoms with E-state index in [1.165, 1.54) is 0 Å². The highest BCUT2D eigenvalue weighted by atomic mass is 16.7. The second-order valence-electron chi connectivity index (χ2n) is 7.16. The number of para-hydroxylation sites is 1. The number of aliphatic hydroxyl groups excluding tert-OH is 1. The fraction of sp³-hybridized carbons (Fsp3) is 0.381. The number of hydrogen-bond acceptors (Lipinski definition) is 6. The van der Waals surface area contributed by atoms with Crippen LogP contribution >= 0.6 is 0 Å². The molecule has 146 valence electrons. The number of likely N-dealkylation sites (tertiary alicyclic amines) is 1. The van der Waals surface area contributed by atoms with Gasteiger partial charge < -0.3 is 29.0 Å². The number of ether oxygens (including phenoxy) is 4. The molecule has 7 nitrogen and oxygen atoms in total. The van der Waals surface area contributed by atoms with Crippen molar-refractivity contribution in [3.63, 3.8) is 0 Å². The Morgan fingerprint density at radius 2 is 1.86 bits per heavy atom. The topological polar surface area (TPSA) is 77.5 Å². The molecule has 0 spiro atoms. The molecule has 0 aliphatic carbocycles. The van der Waals surface area contributed by atoms with Crippen molar-refractivity contribution >= 4 is 5.91 Å². The minimum Gasteiger partial charge on any atom is -0.486 e. The van der Waals surface area contributed by atoms with Crippen molar-refractivity contribution in [3.8, 4) is 23.0 Å². The first-order chi connectivity index (χ1) is 13.7. The molecule has 2 atom stereocenters. The Labute approximate surface area is 162 Å². The lowest BCUT2D eigenvalue weighted by Gasteiger charge is -2.36. The highest BCUT2D eigenvalue weighted by Crippen LogP contribution is 2.39. The van der Waals surface area contributed by atoms with Crippen LogP contribution < -0.4 is 18.9 Å². The molecule has 7 heteroatoms. The molecule has 3 aliphatic heterocycles. The van der Waals surface area contributed by atoms with Crippen molar-refractivity contribution in [2.75, 3.05) is 33.1 Å². The molecular formula is C21H21NO6. The number of fused-ring (bicyclic) bond motifs is 2. The Morgan fingerprint density at radius 1 is 1.00 bits per heavy atom.